The van der Waals surface area contributed by atoms with Gasteiger partial charge in [0.1, 0.15) is 0 Å². The Morgan fingerprint density at radius 1 is 0.630 bits per heavy atom. The van der Waals surface area contributed by atoms with Crippen molar-refractivity contribution in [1.82, 2.24) is 0 Å². The number of benzene rings is 3. The maximum absolute atomic E-state index is 9.45. The van der Waals surface area contributed by atoms with Gasteiger partial charge in [-0.1, -0.05) is 91.0 Å². The molecular formula is C23H26O2S2. The van der Waals surface area contributed by atoms with Crippen molar-refractivity contribution in [3.63, 3.8) is 0 Å². The normalized spacial score (nSPS) is 10.8. The second-order valence-corrected chi connectivity index (χ2v) is 7.56. The molecule has 0 bridgehead atoms. The van der Waals surface area contributed by atoms with Crippen LogP contribution < -0.4 is 0 Å². The van der Waals surface area contributed by atoms with Crippen LogP contribution in [-0.4, -0.2) is 34.9 Å². The van der Waals surface area contributed by atoms with E-state index in [0.29, 0.717) is 11.5 Å². The molecule has 0 fully saturated rings. The highest BCUT2D eigenvalue weighted by atomic mass is 32.2. The topological polar surface area (TPSA) is 40.5 Å². The fraction of sp³-hybridized carbons (Fsp3) is 0.217. The maximum Gasteiger partial charge on any atom is 0.0907 e. The second kappa shape index (κ2) is 11.9. The first-order valence-corrected chi connectivity index (χ1v) is 10.5. The van der Waals surface area contributed by atoms with Crippen molar-refractivity contribution in [3.8, 4) is 0 Å². The summed E-state index contributed by atoms with van der Waals surface area (Å²) in [5, 5.41) is 17.2. The van der Waals surface area contributed by atoms with Gasteiger partial charge in [-0.3, -0.25) is 0 Å². The summed E-state index contributed by atoms with van der Waals surface area (Å²) in [7, 11) is 0. The van der Waals surface area contributed by atoms with Gasteiger partial charge < -0.3 is 10.2 Å². The molecule has 0 spiro atoms. The van der Waals surface area contributed by atoms with Crippen molar-refractivity contribution in [2.75, 3.05) is 24.7 Å². The molecule has 0 aliphatic rings. The van der Waals surface area contributed by atoms with Crippen molar-refractivity contribution < 1.29 is 10.2 Å². The number of hydrogen-bond acceptors (Lipinski definition) is 4. The van der Waals surface area contributed by atoms with Gasteiger partial charge in [0, 0.05) is 11.5 Å². The Morgan fingerprint density at radius 2 is 0.963 bits per heavy atom. The summed E-state index contributed by atoms with van der Waals surface area (Å²) in [6.07, 6.45) is 0. The van der Waals surface area contributed by atoms with Crippen LogP contribution in [0.3, 0.4) is 0 Å². The van der Waals surface area contributed by atoms with Crippen LogP contribution in [0.5, 0.6) is 0 Å². The molecule has 0 heterocycles. The quantitative estimate of drug-likeness (QED) is 0.402. The molecule has 2 N–H and O–H groups in total. The lowest BCUT2D eigenvalue weighted by atomic mass is 9.84. The Bertz CT molecular complexity index is 650. The van der Waals surface area contributed by atoms with Gasteiger partial charge in [0.05, 0.1) is 18.0 Å². The summed E-state index contributed by atoms with van der Waals surface area (Å²) in [6.45, 7) is 0.349. The Hall–Kier alpha value is -1.72. The molecule has 3 rings (SSSR count). The van der Waals surface area contributed by atoms with E-state index in [-0.39, 0.29) is 18.0 Å². The Kier molecular flexibility index (Phi) is 9.50. The van der Waals surface area contributed by atoms with Gasteiger partial charge in [-0.05, 0) is 16.7 Å². The van der Waals surface area contributed by atoms with Gasteiger partial charge in [-0.25, -0.2) is 0 Å². The lowest BCUT2D eigenvalue weighted by Gasteiger charge is -2.35. The van der Waals surface area contributed by atoms with Crippen molar-refractivity contribution >= 4 is 24.4 Å². The van der Waals surface area contributed by atoms with Crippen molar-refractivity contribution in [1.29, 1.82) is 0 Å². The van der Waals surface area contributed by atoms with E-state index in [1.54, 1.807) is 11.8 Å². The molecular weight excluding hydrogens is 372 g/mol. The molecule has 0 aliphatic heterocycles. The highest BCUT2D eigenvalue weighted by Crippen LogP contribution is 2.48. The Labute approximate surface area is 171 Å². The molecule has 3 aromatic carbocycles. The molecule has 0 saturated carbocycles. The minimum Gasteiger partial charge on any atom is -0.396 e. The molecule has 0 amide bonds. The van der Waals surface area contributed by atoms with E-state index in [4.69, 9.17) is 5.11 Å². The van der Waals surface area contributed by atoms with E-state index in [2.05, 4.69) is 85.4 Å². The van der Waals surface area contributed by atoms with E-state index < -0.39 is 0 Å². The first-order valence-electron chi connectivity index (χ1n) is 8.92. The zero-order valence-electron chi connectivity index (χ0n) is 15.2. The monoisotopic (exact) mass is 398 g/mol. The minimum atomic E-state index is -0.313. The van der Waals surface area contributed by atoms with E-state index in [1.807, 2.05) is 18.2 Å². The van der Waals surface area contributed by atoms with Gasteiger partial charge >= 0.3 is 0 Å². The van der Waals surface area contributed by atoms with Crippen molar-refractivity contribution in [2.24, 2.45) is 0 Å². The average Bonchev–Trinajstić information content (AvgIpc) is 2.77. The largest absolute Gasteiger partial charge is 0.396 e. The van der Waals surface area contributed by atoms with Gasteiger partial charge in [0.25, 0.3) is 0 Å². The van der Waals surface area contributed by atoms with Crippen LogP contribution in [0.1, 0.15) is 16.7 Å². The lowest BCUT2D eigenvalue weighted by molar-refractivity contribution is 0.322. The highest BCUT2D eigenvalue weighted by molar-refractivity contribution is 8.00. The molecule has 0 saturated heterocycles. The van der Waals surface area contributed by atoms with Crippen LogP contribution >= 0.6 is 24.4 Å². The summed E-state index contributed by atoms with van der Waals surface area (Å²) in [5.74, 6) is 1.25. The summed E-state index contributed by atoms with van der Waals surface area (Å²) in [6, 6.07) is 31.6. The van der Waals surface area contributed by atoms with Crippen LogP contribution in [-0.2, 0) is 4.75 Å². The maximum atomic E-state index is 9.45. The van der Waals surface area contributed by atoms with Gasteiger partial charge in [0.2, 0.25) is 0 Å². The smallest absolute Gasteiger partial charge is 0.0907 e. The molecule has 0 atom stereocenters. The minimum absolute atomic E-state index is 0.166. The van der Waals surface area contributed by atoms with Gasteiger partial charge in [-0.2, -0.15) is 12.6 Å². The third-order valence-corrected chi connectivity index (χ3v) is 5.78. The third-order valence-electron chi connectivity index (χ3n) is 4.05. The van der Waals surface area contributed by atoms with E-state index in [9.17, 15) is 5.11 Å². The third kappa shape index (κ3) is 5.63. The molecule has 3 aromatic rings. The summed E-state index contributed by atoms with van der Waals surface area (Å²) in [5.41, 5.74) is 3.70. The second-order valence-electron chi connectivity index (χ2n) is 5.80. The predicted molar refractivity (Wildman–Crippen MR) is 120 cm³/mol. The number of aliphatic hydroxyl groups is 2. The van der Waals surface area contributed by atoms with Crippen LogP contribution in [0.15, 0.2) is 91.0 Å². The van der Waals surface area contributed by atoms with Crippen LogP contribution in [0.4, 0.5) is 0 Å². The standard InChI is InChI=1S/C21H20OS.C2H6OS/c22-16-17-23-21(18-10-4-1-5-11-18,19-12-6-2-7-13-19)20-14-8-3-9-15-20;3-1-2-4/h1-15,22H,16-17H2;3-4H,1-2H2. The molecule has 4 heteroatoms. The highest BCUT2D eigenvalue weighted by Gasteiger charge is 2.36. The number of thiol groups is 1. The summed E-state index contributed by atoms with van der Waals surface area (Å²) < 4.78 is -0.313. The zero-order valence-corrected chi connectivity index (χ0v) is 16.9. The first-order chi connectivity index (χ1) is 13.3. The van der Waals surface area contributed by atoms with E-state index in [1.165, 1.54) is 16.7 Å². The van der Waals surface area contributed by atoms with Crippen LogP contribution in [0.2, 0.25) is 0 Å². The predicted octanol–water partition coefficient (Wildman–Crippen LogP) is 4.61. The summed E-state index contributed by atoms with van der Waals surface area (Å²) in [4.78, 5) is 0. The van der Waals surface area contributed by atoms with E-state index >= 15 is 0 Å². The number of thioether (sulfide) groups is 1. The van der Waals surface area contributed by atoms with Crippen molar-refractivity contribution in [2.45, 2.75) is 4.75 Å². The van der Waals surface area contributed by atoms with Crippen LogP contribution in [0, 0.1) is 0 Å². The molecule has 0 aliphatic carbocycles. The number of rotatable bonds is 7. The van der Waals surface area contributed by atoms with Crippen molar-refractivity contribution in [3.05, 3.63) is 108 Å². The molecule has 0 unspecified atom stereocenters. The molecule has 0 radical (unpaired) electrons. The molecule has 142 valence electrons. The lowest BCUT2D eigenvalue weighted by Crippen LogP contribution is -2.26. The average molecular weight is 399 g/mol. The zero-order chi connectivity index (χ0) is 19.4. The molecule has 2 nitrogen and oxygen atoms in total. The fourth-order valence-electron chi connectivity index (χ4n) is 2.97. The van der Waals surface area contributed by atoms with Gasteiger partial charge in [-0.15, -0.1) is 11.8 Å². The molecule has 27 heavy (non-hydrogen) atoms. The Morgan fingerprint density at radius 3 is 1.22 bits per heavy atom. The molecule has 0 aromatic heterocycles. The number of hydrogen-bond donors (Lipinski definition) is 3. The van der Waals surface area contributed by atoms with E-state index in [0.717, 1.165) is 0 Å². The van der Waals surface area contributed by atoms with Gasteiger partial charge in [0.15, 0.2) is 0 Å². The first kappa shape index (κ1) is 21.6. The summed E-state index contributed by atoms with van der Waals surface area (Å²) >= 11 is 5.45. The fourth-order valence-corrected chi connectivity index (χ4v) is 4.27. The SMILES string of the molecule is OCCS.OCCSC(c1ccccc1)(c1ccccc1)c1ccccc1. The van der Waals surface area contributed by atoms with Crippen LogP contribution in [0.25, 0.3) is 0 Å². The Balaban J connectivity index is 0.000000596. The number of aliphatic hydroxyl groups excluding tert-OH is 2.